The second-order valence-corrected chi connectivity index (χ2v) is 6.85. The number of halogens is 1. The molecule has 0 aromatic heterocycles. The lowest BCUT2D eigenvalue weighted by Crippen LogP contribution is -2.40. The van der Waals surface area contributed by atoms with Crippen molar-refractivity contribution < 1.29 is 23.4 Å². The molecule has 2 aliphatic rings. The summed E-state index contributed by atoms with van der Waals surface area (Å²) in [5.74, 6) is 1.17. The van der Waals surface area contributed by atoms with Crippen molar-refractivity contribution in [3.8, 4) is 22.6 Å². The van der Waals surface area contributed by atoms with E-state index < -0.39 is 0 Å². The SMILES string of the molecule is Fc1cccc(-c2ccccc2)c1.O=C(c1ccc2c(c1)OCO2)N1CCOCC1. The molecule has 2 aliphatic heterocycles. The highest BCUT2D eigenvalue weighted by atomic mass is 19.1. The van der Waals surface area contributed by atoms with Crippen molar-refractivity contribution in [2.45, 2.75) is 0 Å². The summed E-state index contributed by atoms with van der Waals surface area (Å²) in [6.45, 7) is 2.73. The first kappa shape index (κ1) is 19.9. The van der Waals surface area contributed by atoms with Gasteiger partial charge in [-0.1, -0.05) is 42.5 Å². The van der Waals surface area contributed by atoms with Crippen LogP contribution in [-0.4, -0.2) is 43.9 Å². The molecule has 2 heterocycles. The van der Waals surface area contributed by atoms with E-state index in [1.807, 2.05) is 36.4 Å². The summed E-state index contributed by atoms with van der Waals surface area (Å²) in [4.78, 5) is 14.0. The normalized spacial score (nSPS) is 14.6. The molecule has 0 atom stereocenters. The number of fused-ring (bicyclic) bond motifs is 1. The highest BCUT2D eigenvalue weighted by Gasteiger charge is 2.21. The zero-order chi connectivity index (χ0) is 20.8. The molecule has 5 rings (SSSR count). The van der Waals surface area contributed by atoms with Gasteiger partial charge in [0.1, 0.15) is 5.82 Å². The lowest BCUT2D eigenvalue weighted by Gasteiger charge is -2.26. The minimum Gasteiger partial charge on any atom is -0.454 e. The van der Waals surface area contributed by atoms with Gasteiger partial charge in [0.15, 0.2) is 11.5 Å². The van der Waals surface area contributed by atoms with Crippen LogP contribution < -0.4 is 9.47 Å². The fraction of sp³-hybridized carbons (Fsp3) is 0.208. The molecular weight excluding hydrogens is 385 g/mol. The highest BCUT2D eigenvalue weighted by Crippen LogP contribution is 2.32. The lowest BCUT2D eigenvalue weighted by molar-refractivity contribution is 0.0302. The van der Waals surface area contributed by atoms with Gasteiger partial charge in [0.2, 0.25) is 6.79 Å². The summed E-state index contributed by atoms with van der Waals surface area (Å²) in [6, 6.07) is 21.7. The monoisotopic (exact) mass is 407 g/mol. The number of carbonyl (C=O) groups is 1. The van der Waals surface area contributed by atoms with Gasteiger partial charge in [0.25, 0.3) is 5.91 Å². The number of morpholine rings is 1. The van der Waals surface area contributed by atoms with Crippen LogP contribution in [0.1, 0.15) is 10.4 Å². The van der Waals surface area contributed by atoms with E-state index in [2.05, 4.69) is 0 Å². The number of hydrogen-bond acceptors (Lipinski definition) is 4. The average Bonchev–Trinajstić information content (AvgIpc) is 3.28. The second-order valence-electron chi connectivity index (χ2n) is 6.85. The number of carbonyl (C=O) groups excluding carboxylic acids is 1. The van der Waals surface area contributed by atoms with Gasteiger partial charge >= 0.3 is 0 Å². The van der Waals surface area contributed by atoms with Gasteiger partial charge in [-0.2, -0.15) is 0 Å². The minimum absolute atomic E-state index is 0.0200. The molecule has 154 valence electrons. The van der Waals surface area contributed by atoms with Crippen LogP contribution in [0.25, 0.3) is 11.1 Å². The molecule has 3 aromatic rings. The molecule has 5 nitrogen and oxygen atoms in total. The Bertz CT molecular complexity index is 1000. The van der Waals surface area contributed by atoms with Gasteiger partial charge in [0, 0.05) is 18.7 Å². The first-order valence-electron chi connectivity index (χ1n) is 9.78. The maximum absolute atomic E-state index is 12.9. The van der Waals surface area contributed by atoms with Crippen molar-refractivity contribution in [3.05, 3.63) is 84.2 Å². The number of benzene rings is 3. The molecule has 0 radical (unpaired) electrons. The van der Waals surface area contributed by atoms with Crippen molar-refractivity contribution >= 4 is 5.91 Å². The first-order chi connectivity index (χ1) is 14.7. The Morgan fingerprint density at radius 2 is 1.53 bits per heavy atom. The molecule has 0 N–H and O–H groups in total. The second kappa shape index (κ2) is 9.41. The number of hydrogen-bond donors (Lipinski definition) is 0. The van der Waals surface area contributed by atoms with E-state index in [0.29, 0.717) is 43.4 Å². The summed E-state index contributed by atoms with van der Waals surface area (Å²) in [7, 11) is 0. The number of ether oxygens (including phenoxy) is 3. The maximum Gasteiger partial charge on any atom is 0.254 e. The van der Waals surface area contributed by atoms with Crippen LogP contribution in [0.4, 0.5) is 4.39 Å². The molecule has 0 aliphatic carbocycles. The third kappa shape index (κ3) is 4.78. The fourth-order valence-corrected chi connectivity index (χ4v) is 3.28. The Morgan fingerprint density at radius 3 is 2.30 bits per heavy atom. The fourth-order valence-electron chi connectivity index (χ4n) is 3.28. The molecule has 0 spiro atoms. The number of nitrogens with zero attached hydrogens (tertiary/aromatic N) is 1. The summed E-state index contributed by atoms with van der Waals surface area (Å²) in [5, 5.41) is 0. The van der Waals surface area contributed by atoms with Crippen molar-refractivity contribution in [2.24, 2.45) is 0 Å². The Labute approximate surface area is 174 Å². The molecule has 1 fully saturated rings. The van der Waals surface area contributed by atoms with Crippen LogP contribution in [0.2, 0.25) is 0 Å². The smallest absolute Gasteiger partial charge is 0.254 e. The van der Waals surface area contributed by atoms with Crippen molar-refractivity contribution in [2.75, 3.05) is 33.1 Å². The predicted molar refractivity (Wildman–Crippen MR) is 111 cm³/mol. The third-order valence-electron chi connectivity index (χ3n) is 4.85. The van der Waals surface area contributed by atoms with Crippen molar-refractivity contribution in [1.82, 2.24) is 4.90 Å². The van der Waals surface area contributed by atoms with Gasteiger partial charge < -0.3 is 19.1 Å². The molecule has 1 amide bonds. The molecule has 6 heteroatoms. The lowest BCUT2D eigenvalue weighted by atomic mass is 10.1. The average molecular weight is 407 g/mol. The van der Waals surface area contributed by atoms with Crippen LogP contribution in [0.15, 0.2) is 72.8 Å². The maximum atomic E-state index is 12.9. The van der Waals surface area contributed by atoms with Crippen molar-refractivity contribution in [1.29, 1.82) is 0 Å². The van der Waals surface area contributed by atoms with E-state index in [-0.39, 0.29) is 18.5 Å². The van der Waals surface area contributed by atoms with Crippen LogP contribution in [0.3, 0.4) is 0 Å². The molecule has 0 unspecified atom stereocenters. The van der Waals surface area contributed by atoms with E-state index >= 15 is 0 Å². The van der Waals surface area contributed by atoms with Crippen LogP contribution >= 0.6 is 0 Å². The van der Waals surface area contributed by atoms with Gasteiger partial charge in [-0.3, -0.25) is 4.79 Å². The predicted octanol–water partition coefficient (Wildman–Crippen LogP) is 4.38. The third-order valence-corrected chi connectivity index (χ3v) is 4.85. The Balaban J connectivity index is 0.000000151. The van der Waals surface area contributed by atoms with Crippen LogP contribution in [0, 0.1) is 5.82 Å². The highest BCUT2D eigenvalue weighted by molar-refractivity contribution is 5.95. The molecule has 0 saturated carbocycles. The van der Waals surface area contributed by atoms with E-state index in [9.17, 15) is 9.18 Å². The standard InChI is InChI=1S/C12H9F.C12H13NO4/c13-12-8-4-7-11(9-12)10-5-2-1-3-6-10;14-12(13-3-5-15-6-4-13)9-1-2-10-11(7-9)17-8-16-10/h1-9H;1-2,7H,3-6,8H2. The van der Waals surface area contributed by atoms with Crippen molar-refractivity contribution in [3.63, 3.8) is 0 Å². The largest absolute Gasteiger partial charge is 0.454 e. The zero-order valence-electron chi connectivity index (χ0n) is 16.4. The molecule has 3 aromatic carbocycles. The van der Waals surface area contributed by atoms with Gasteiger partial charge in [0.05, 0.1) is 13.2 Å². The molecule has 1 saturated heterocycles. The van der Waals surface area contributed by atoms with Gasteiger partial charge in [-0.25, -0.2) is 4.39 Å². The van der Waals surface area contributed by atoms with E-state index in [1.54, 1.807) is 29.2 Å². The summed E-state index contributed by atoms with van der Waals surface area (Å²) < 4.78 is 28.5. The van der Waals surface area contributed by atoms with E-state index in [0.717, 1.165) is 11.1 Å². The van der Waals surface area contributed by atoms with E-state index in [1.165, 1.54) is 12.1 Å². The minimum atomic E-state index is -0.193. The zero-order valence-corrected chi connectivity index (χ0v) is 16.4. The Hall–Kier alpha value is -3.38. The van der Waals surface area contributed by atoms with E-state index in [4.69, 9.17) is 14.2 Å². The summed E-state index contributed by atoms with van der Waals surface area (Å²) in [6.07, 6.45) is 0. The molecular formula is C24H22FNO4. The molecule has 0 bridgehead atoms. The molecule has 30 heavy (non-hydrogen) atoms. The topological polar surface area (TPSA) is 48.0 Å². The Morgan fingerprint density at radius 1 is 0.800 bits per heavy atom. The summed E-state index contributed by atoms with van der Waals surface area (Å²) in [5.41, 5.74) is 2.60. The van der Waals surface area contributed by atoms with Gasteiger partial charge in [-0.15, -0.1) is 0 Å². The quantitative estimate of drug-likeness (QED) is 0.633. The Kier molecular flexibility index (Phi) is 6.25. The number of rotatable bonds is 2. The van der Waals surface area contributed by atoms with Crippen LogP contribution in [-0.2, 0) is 4.74 Å². The van der Waals surface area contributed by atoms with Gasteiger partial charge in [-0.05, 0) is 41.5 Å². The summed E-state index contributed by atoms with van der Waals surface area (Å²) >= 11 is 0. The van der Waals surface area contributed by atoms with Crippen LogP contribution in [0.5, 0.6) is 11.5 Å². The first-order valence-corrected chi connectivity index (χ1v) is 9.78. The number of amides is 1.